The highest BCUT2D eigenvalue weighted by atomic mass is 16.4. The Morgan fingerprint density at radius 2 is 1.85 bits per heavy atom. The first-order valence-corrected chi connectivity index (χ1v) is 5.61. The average molecular weight is 267 g/mol. The van der Waals surface area contributed by atoms with Gasteiger partial charge in [0.15, 0.2) is 0 Å². The molecule has 2 rings (SSSR count). The van der Waals surface area contributed by atoms with Gasteiger partial charge in [-0.3, -0.25) is 4.79 Å². The van der Waals surface area contributed by atoms with Crippen LogP contribution >= 0.6 is 0 Å². The van der Waals surface area contributed by atoms with Crippen LogP contribution in [0.4, 0.5) is 5.69 Å². The Labute approximate surface area is 114 Å². The van der Waals surface area contributed by atoms with Gasteiger partial charge in [-0.2, -0.15) is 5.26 Å². The lowest BCUT2D eigenvalue weighted by atomic mass is 10.1. The van der Waals surface area contributed by atoms with Crippen LogP contribution in [0.15, 0.2) is 42.6 Å². The van der Waals surface area contributed by atoms with Crippen LogP contribution in [0.2, 0.25) is 0 Å². The standard InChI is InChI=1S/C14H9N3O3/c15-7-9-1-3-10(4-2-9)13(18)17-11-5-6-12(14(19)20)16-8-11/h1-6,8H,(H,17,18)(H,19,20). The fourth-order valence-corrected chi connectivity index (χ4v) is 1.49. The molecular weight excluding hydrogens is 258 g/mol. The maximum atomic E-state index is 11.9. The number of nitriles is 1. The molecule has 6 heteroatoms. The predicted molar refractivity (Wildman–Crippen MR) is 70.3 cm³/mol. The number of carbonyl (C=O) groups excluding carboxylic acids is 1. The minimum atomic E-state index is -1.13. The summed E-state index contributed by atoms with van der Waals surface area (Å²) in [5.74, 6) is -1.49. The van der Waals surface area contributed by atoms with Gasteiger partial charge in [-0.1, -0.05) is 0 Å². The lowest BCUT2D eigenvalue weighted by Crippen LogP contribution is -2.12. The zero-order valence-electron chi connectivity index (χ0n) is 10.2. The summed E-state index contributed by atoms with van der Waals surface area (Å²) in [5.41, 5.74) is 1.16. The number of aromatic nitrogens is 1. The molecule has 0 fully saturated rings. The van der Waals surface area contributed by atoms with E-state index in [4.69, 9.17) is 10.4 Å². The summed E-state index contributed by atoms with van der Waals surface area (Å²) in [4.78, 5) is 26.2. The minimum Gasteiger partial charge on any atom is -0.477 e. The Kier molecular flexibility index (Phi) is 3.72. The summed E-state index contributed by atoms with van der Waals surface area (Å²) in [7, 11) is 0. The zero-order valence-corrected chi connectivity index (χ0v) is 10.2. The summed E-state index contributed by atoms with van der Waals surface area (Å²) in [6.45, 7) is 0. The third-order valence-electron chi connectivity index (χ3n) is 2.52. The van der Waals surface area contributed by atoms with Crippen LogP contribution in [0, 0.1) is 11.3 Å². The van der Waals surface area contributed by atoms with Crippen molar-refractivity contribution in [1.29, 1.82) is 5.26 Å². The van der Waals surface area contributed by atoms with Crippen molar-refractivity contribution in [3.63, 3.8) is 0 Å². The van der Waals surface area contributed by atoms with E-state index in [1.165, 1.54) is 30.5 Å². The van der Waals surface area contributed by atoms with Gasteiger partial charge in [-0.05, 0) is 36.4 Å². The fraction of sp³-hybridized carbons (Fsp3) is 0. The molecule has 1 heterocycles. The molecule has 98 valence electrons. The molecule has 0 saturated heterocycles. The number of nitrogens with one attached hydrogen (secondary N) is 1. The fourth-order valence-electron chi connectivity index (χ4n) is 1.49. The molecule has 0 saturated carbocycles. The molecular formula is C14H9N3O3. The van der Waals surface area contributed by atoms with E-state index >= 15 is 0 Å². The van der Waals surface area contributed by atoms with Crippen LogP contribution < -0.4 is 5.32 Å². The van der Waals surface area contributed by atoms with Gasteiger partial charge >= 0.3 is 5.97 Å². The van der Waals surface area contributed by atoms with Crippen molar-refractivity contribution >= 4 is 17.6 Å². The molecule has 0 aliphatic heterocycles. The summed E-state index contributed by atoms with van der Waals surface area (Å²) in [5, 5.41) is 20.0. The van der Waals surface area contributed by atoms with Crippen LogP contribution in [-0.4, -0.2) is 22.0 Å². The van der Waals surface area contributed by atoms with Gasteiger partial charge in [0.1, 0.15) is 5.69 Å². The normalized spacial score (nSPS) is 9.55. The Bertz CT molecular complexity index is 685. The van der Waals surface area contributed by atoms with Crippen LogP contribution in [0.5, 0.6) is 0 Å². The van der Waals surface area contributed by atoms with E-state index in [0.717, 1.165) is 0 Å². The Morgan fingerprint density at radius 3 is 2.35 bits per heavy atom. The summed E-state index contributed by atoms with van der Waals surface area (Å²) in [6.07, 6.45) is 1.27. The highest BCUT2D eigenvalue weighted by Crippen LogP contribution is 2.10. The molecule has 0 aliphatic rings. The van der Waals surface area contributed by atoms with Crippen molar-refractivity contribution in [2.24, 2.45) is 0 Å². The summed E-state index contributed by atoms with van der Waals surface area (Å²) < 4.78 is 0. The minimum absolute atomic E-state index is 0.0960. The largest absolute Gasteiger partial charge is 0.477 e. The topological polar surface area (TPSA) is 103 Å². The van der Waals surface area contributed by atoms with Gasteiger partial charge in [0.05, 0.1) is 23.5 Å². The second kappa shape index (κ2) is 5.63. The molecule has 0 atom stereocenters. The highest BCUT2D eigenvalue weighted by molar-refractivity contribution is 6.04. The first-order valence-electron chi connectivity index (χ1n) is 5.61. The molecule has 6 nitrogen and oxygen atoms in total. The van der Waals surface area contributed by atoms with Gasteiger partial charge in [-0.15, -0.1) is 0 Å². The number of benzene rings is 1. The van der Waals surface area contributed by atoms with E-state index in [2.05, 4.69) is 10.3 Å². The number of hydrogen-bond donors (Lipinski definition) is 2. The second-order valence-corrected chi connectivity index (χ2v) is 3.88. The molecule has 0 unspecified atom stereocenters. The number of hydrogen-bond acceptors (Lipinski definition) is 4. The van der Waals surface area contributed by atoms with Crippen molar-refractivity contribution in [2.45, 2.75) is 0 Å². The van der Waals surface area contributed by atoms with Gasteiger partial charge < -0.3 is 10.4 Å². The lowest BCUT2D eigenvalue weighted by molar-refractivity contribution is 0.0690. The van der Waals surface area contributed by atoms with Crippen LogP contribution in [0.1, 0.15) is 26.4 Å². The molecule has 20 heavy (non-hydrogen) atoms. The lowest BCUT2D eigenvalue weighted by Gasteiger charge is -2.05. The SMILES string of the molecule is N#Cc1ccc(C(=O)Nc2ccc(C(=O)O)nc2)cc1. The first-order chi connectivity index (χ1) is 9.60. The van der Waals surface area contributed by atoms with Gasteiger partial charge in [0, 0.05) is 5.56 Å². The predicted octanol–water partition coefficient (Wildman–Crippen LogP) is 1.90. The number of rotatable bonds is 3. The molecule has 1 aromatic heterocycles. The van der Waals surface area contributed by atoms with Crippen molar-refractivity contribution < 1.29 is 14.7 Å². The zero-order chi connectivity index (χ0) is 14.5. The first kappa shape index (κ1) is 13.2. The second-order valence-electron chi connectivity index (χ2n) is 3.88. The third-order valence-corrected chi connectivity index (χ3v) is 2.52. The molecule has 2 aromatic rings. The van der Waals surface area contributed by atoms with E-state index in [0.29, 0.717) is 16.8 Å². The number of carbonyl (C=O) groups is 2. The third kappa shape index (κ3) is 2.97. The molecule has 2 N–H and O–H groups in total. The quantitative estimate of drug-likeness (QED) is 0.884. The van der Waals surface area contributed by atoms with E-state index < -0.39 is 5.97 Å². The van der Waals surface area contributed by atoms with Gasteiger partial charge in [-0.25, -0.2) is 9.78 Å². The number of pyridine rings is 1. The Hall–Kier alpha value is -3.20. The number of aromatic carboxylic acids is 1. The van der Waals surface area contributed by atoms with Crippen molar-refractivity contribution in [3.05, 3.63) is 59.4 Å². The van der Waals surface area contributed by atoms with Gasteiger partial charge in [0.25, 0.3) is 5.91 Å². The van der Waals surface area contributed by atoms with E-state index in [9.17, 15) is 9.59 Å². The number of nitrogens with zero attached hydrogens (tertiary/aromatic N) is 2. The highest BCUT2D eigenvalue weighted by Gasteiger charge is 2.08. The molecule has 0 aliphatic carbocycles. The number of carboxylic acids is 1. The monoisotopic (exact) mass is 267 g/mol. The molecule has 1 aromatic carbocycles. The smallest absolute Gasteiger partial charge is 0.354 e. The van der Waals surface area contributed by atoms with E-state index in [-0.39, 0.29) is 11.6 Å². The summed E-state index contributed by atoms with van der Waals surface area (Å²) in [6, 6.07) is 10.9. The van der Waals surface area contributed by atoms with E-state index in [1.54, 1.807) is 12.1 Å². The average Bonchev–Trinajstić information content (AvgIpc) is 2.48. The van der Waals surface area contributed by atoms with Crippen LogP contribution in [0.25, 0.3) is 0 Å². The molecule has 1 amide bonds. The Morgan fingerprint density at radius 1 is 1.15 bits per heavy atom. The molecule has 0 spiro atoms. The van der Waals surface area contributed by atoms with Crippen molar-refractivity contribution in [1.82, 2.24) is 4.98 Å². The number of amides is 1. The van der Waals surface area contributed by atoms with Crippen molar-refractivity contribution in [2.75, 3.05) is 5.32 Å². The number of anilines is 1. The summed E-state index contributed by atoms with van der Waals surface area (Å²) >= 11 is 0. The molecule has 0 radical (unpaired) electrons. The van der Waals surface area contributed by atoms with Crippen molar-refractivity contribution in [3.8, 4) is 6.07 Å². The Balaban J connectivity index is 2.10. The number of carboxylic acid groups (broad SMARTS) is 1. The van der Waals surface area contributed by atoms with Crippen LogP contribution in [0.3, 0.4) is 0 Å². The maximum absolute atomic E-state index is 11.9. The van der Waals surface area contributed by atoms with E-state index in [1.807, 2.05) is 6.07 Å². The molecule has 0 bridgehead atoms. The van der Waals surface area contributed by atoms with Gasteiger partial charge in [0.2, 0.25) is 0 Å². The maximum Gasteiger partial charge on any atom is 0.354 e. The van der Waals surface area contributed by atoms with Crippen LogP contribution in [-0.2, 0) is 0 Å².